The fourth-order valence-electron chi connectivity index (χ4n) is 2.18. The molecule has 0 fully saturated rings. The van der Waals surface area contributed by atoms with Gasteiger partial charge in [-0.05, 0) is 31.5 Å². The first kappa shape index (κ1) is 18.5. The summed E-state index contributed by atoms with van der Waals surface area (Å²) in [5, 5.41) is 14.4. The number of amides is 1. The molecule has 8 heteroatoms. The Hall–Kier alpha value is -2.80. The molecule has 0 atom stereocenters. The van der Waals surface area contributed by atoms with Gasteiger partial charge in [-0.2, -0.15) is 0 Å². The molecule has 0 spiro atoms. The molecule has 0 aromatic heterocycles. The average molecular weight is 365 g/mol. The fourth-order valence-corrected chi connectivity index (χ4v) is 2.36. The van der Waals surface area contributed by atoms with Crippen molar-refractivity contribution in [1.29, 1.82) is 0 Å². The van der Waals surface area contributed by atoms with Crippen LogP contribution in [-0.4, -0.2) is 24.5 Å². The van der Waals surface area contributed by atoms with Gasteiger partial charge < -0.3 is 14.8 Å². The minimum Gasteiger partial charge on any atom is -0.493 e. The van der Waals surface area contributed by atoms with Crippen molar-refractivity contribution in [3.05, 3.63) is 56.6 Å². The van der Waals surface area contributed by atoms with Crippen molar-refractivity contribution in [2.45, 2.75) is 13.8 Å². The lowest BCUT2D eigenvalue weighted by Crippen LogP contribution is -2.14. The summed E-state index contributed by atoms with van der Waals surface area (Å²) in [6.07, 6.45) is 0. The van der Waals surface area contributed by atoms with E-state index in [4.69, 9.17) is 21.1 Å². The molecule has 2 aromatic rings. The standard InChI is InChI=1S/C17H17ClN2O5/c1-4-25-16-9-14(20(22)23)12(8-15(16)24-3)17(21)19-11-6-5-10(2)13(18)7-11/h5-9H,4H2,1-3H3,(H,19,21). The first-order valence-corrected chi connectivity index (χ1v) is 7.81. The maximum absolute atomic E-state index is 12.5. The van der Waals surface area contributed by atoms with E-state index in [9.17, 15) is 14.9 Å². The second kappa shape index (κ2) is 7.85. The van der Waals surface area contributed by atoms with E-state index in [0.717, 1.165) is 5.56 Å². The molecule has 0 aliphatic rings. The van der Waals surface area contributed by atoms with Crippen LogP contribution in [0.4, 0.5) is 11.4 Å². The van der Waals surface area contributed by atoms with Gasteiger partial charge in [0.2, 0.25) is 0 Å². The van der Waals surface area contributed by atoms with Crippen LogP contribution in [0.2, 0.25) is 5.02 Å². The van der Waals surface area contributed by atoms with Gasteiger partial charge in [0.25, 0.3) is 11.6 Å². The van der Waals surface area contributed by atoms with Crippen molar-refractivity contribution in [3.63, 3.8) is 0 Å². The minimum atomic E-state index is -0.645. The zero-order chi connectivity index (χ0) is 18.6. The van der Waals surface area contributed by atoms with Crippen molar-refractivity contribution < 1.29 is 19.2 Å². The van der Waals surface area contributed by atoms with Crippen LogP contribution in [0.15, 0.2) is 30.3 Å². The fraction of sp³-hybridized carbons (Fsp3) is 0.235. The lowest BCUT2D eigenvalue weighted by Gasteiger charge is -2.12. The number of halogens is 1. The Bertz CT molecular complexity index is 823. The number of benzene rings is 2. The van der Waals surface area contributed by atoms with Crippen LogP contribution in [0.3, 0.4) is 0 Å². The van der Waals surface area contributed by atoms with Crippen molar-refractivity contribution in [3.8, 4) is 11.5 Å². The molecule has 0 unspecified atom stereocenters. The molecule has 2 rings (SSSR count). The third-order valence-electron chi connectivity index (χ3n) is 3.45. The van der Waals surface area contributed by atoms with Gasteiger partial charge >= 0.3 is 0 Å². The molecule has 0 saturated heterocycles. The lowest BCUT2D eigenvalue weighted by molar-refractivity contribution is -0.385. The number of hydrogen-bond donors (Lipinski definition) is 1. The lowest BCUT2D eigenvalue weighted by atomic mass is 10.1. The highest BCUT2D eigenvalue weighted by molar-refractivity contribution is 6.31. The molecule has 7 nitrogen and oxygen atoms in total. The van der Waals surface area contributed by atoms with Gasteiger partial charge in [-0.1, -0.05) is 17.7 Å². The monoisotopic (exact) mass is 364 g/mol. The summed E-state index contributed by atoms with van der Waals surface area (Å²) < 4.78 is 10.5. The smallest absolute Gasteiger partial charge is 0.286 e. The summed E-state index contributed by atoms with van der Waals surface area (Å²) in [6.45, 7) is 3.88. The van der Waals surface area contributed by atoms with Crippen LogP contribution in [0.5, 0.6) is 11.5 Å². The second-order valence-corrected chi connectivity index (χ2v) is 5.54. The summed E-state index contributed by atoms with van der Waals surface area (Å²) in [6, 6.07) is 7.45. The van der Waals surface area contributed by atoms with Crippen LogP contribution in [0, 0.1) is 17.0 Å². The third-order valence-corrected chi connectivity index (χ3v) is 3.86. The zero-order valence-corrected chi connectivity index (χ0v) is 14.7. The number of carbonyl (C=O) groups is 1. The van der Waals surface area contributed by atoms with Crippen LogP contribution in [-0.2, 0) is 0 Å². The maximum atomic E-state index is 12.5. The van der Waals surface area contributed by atoms with Gasteiger partial charge in [-0.25, -0.2) is 0 Å². The van der Waals surface area contributed by atoms with Crippen molar-refractivity contribution >= 4 is 28.9 Å². The zero-order valence-electron chi connectivity index (χ0n) is 14.0. The van der Waals surface area contributed by atoms with Gasteiger partial charge in [-0.15, -0.1) is 0 Å². The SMILES string of the molecule is CCOc1cc([N+](=O)[O-])c(C(=O)Nc2ccc(C)c(Cl)c2)cc1OC. The number of nitrogens with one attached hydrogen (secondary N) is 1. The summed E-state index contributed by atoms with van der Waals surface area (Å²) in [5.41, 5.74) is 0.776. The first-order valence-electron chi connectivity index (χ1n) is 7.44. The highest BCUT2D eigenvalue weighted by Gasteiger charge is 2.25. The van der Waals surface area contributed by atoms with E-state index in [-0.39, 0.29) is 22.7 Å². The number of ether oxygens (including phenoxy) is 2. The number of rotatable bonds is 6. The van der Waals surface area contributed by atoms with E-state index in [0.29, 0.717) is 17.3 Å². The minimum absolute atomic E-state index is 0.137. The van der Waals surface area contributed by atoms with E-state index in [1.54, 1.807) is 25.1 Å². The van der Waals surface area contributed by atoms with Gasteiger partial charge in [0, 0.05) is 16.8 Å². The summed E-state index contributed by atoms with van der Waals surface area (Å²) in [7, 11) is 1.39. The van der Waals surface area contributed by atoms with Crippen LogP contribution < -0.4 is 14.8 Å². The van der Waals surface area contributed by atoms with Crippen molar-refractivity contribution in [2.24, 2.45) is 0 Å². The average Bonchev–Trinajstić information content (AvgIpc) is 2.57. The van der Waals surface area contributed by atoms with Gasteiger partial charge in [0.1, 0.15) is 5.56 Å². The van der Waals surface area contributed by atoms with Crippen molar-refractivity contribution in [1.82, 2.24) is 0 Å². The molecule has 2 aromatic carbocycles. The van der Waals surface area contributed by atoms with E-state index < -0.39 is 10.8 Å². The number of nitrogens with zero attached hydrogens (tertiary/aromatic N) is 1. The molecular weight excluding hydrogens is 348 g/mol. The predicted molar refractivity (Wildman–Crippen MR) is 95.0 cm³/mol. The molecule has 0 radical (unpaired) electrons. The summed E-state index contributed by atoms with van der Waals surface area (Å²) in [5.74, 6) is -0.209. The third kappa shape index (κ3) is 4.19. The van der Waals surface area contributed by atoms with Crippen LogP contribution >= 0.6 is 11.6 Å². The molecule has 0 saturated carbocycles. The molecule has 0 aliphatic heterocycles. The first-order chi connectivity index (χ1) is 11.9. The molecule has 0 heterocycles. The van der Waals surface area contributed by atoms with E-state index in [1.807, 2.05) is 6.92 Å². The number of methoxy groups -OCH3 is 1. The predicted octanol–water partition coefficient (Wildman–Crippen LogP) is 4.22. The highest BCUT2D eigenvalue weighted by atomic mass is 35.5. The van der Waals surface area contributed by atoms with Gasteiger partial charge in [0.15, 0.2) is 11.5 Å². The maximum Gasteiger partial charge on any atom is 0.286 e. The number of aryl methyl sites for hydroxylation is 1. The highest BCUT2D eigenvalue weighted by Crippen LogP contribution is 2.35. The molecule has 25 heavy (non-hydrogen) atoms. The number of nitro benzene ring substituents is 1. The quantitative estimate of drug-likeness (QED) is 0.612. The van der Waals surface area contributed by atoms with E-state index in [2.05, 4.69) is 5.32 Å². The second-order valence-electron chi connectivity index (χ2n) is 5.13. The van der Waals surface area contributed by atoms with E-state index in [1.165, 1.54) is 19.2 Å². The Morgan fingerprint density at radius 3 is 2.56 bits per heavy atom. The van der Waals surface area contributed by atoms with Gasteiger partial charge in [-0.3, -0.25) is 14.9 Å². The van der Waals surface area contributed by atoms with Gasteiger partial charge in [0.05, 0.1) is 24.7 Å². The Kier molecular flexibility index (Phi) is 5.82. The molecule has 1 amide bonds. The number of nitro groups is 1. The van der Waals surface area contributed by atoms with Crippen LogP contribution in [0.25, 0.3) is 0 Å². The topological polar surface area (TPSA) is 90.7 Å². The molecule has 0 bridgehead atoms. The molecule has 0 aliphatic carbocycles. The van der Waals surface area contributed by atoms with Crippen molar-refractivity contribution in [2.75, 3.05) is 19.0 Å². The molecule has 132 valence electrons. The Labute approximate surface area is 149 Å². The van der Waals surface area contributed by atoms with Crippen LogP contribution in [0.1, 0.15) is 22.8 Å². The normalized spacial score (nSPS) is 10.2. The largest absolute Gasteiger partial charge is 0.493 e. The Morgan fingerprint density at radius 2 is 2.00 bits per heavy atom. The van der Waals surface area contributed by atoms with E-state index >= 15 is 0 Å². The number of anilines is 1. The Morgan fingerprint density at radius 1 is 1.28 bits per heavy atom. The number of hydrogen-bond acceptors (Lipinski definition) is 5. The summed E-state index contributed by atoms with van der Waals surface area (Å²) in [4.78, 5) is 23.2. The summed E-state index contributed by atoms with van der Waals surface area (Å²) >= 11 is 6.03. The number of carbonyl (C=O) groups excluding carboxylic acids is 1. The molecular formula is C17H17ClN2O5. The Balaban J connectivity index is 2.43. The molecule has 1 N–H and O–H groups in total.